The lowest BCUT2D eigenvalue weighted by molar-refractivity contribution is -0.117. The second-order valence-electron chi connectivity index (χ2n) is 12.6. The first-order valence-corrected chi connectivity index (χ1v) is 20.2. The molecule has 9 heterocycles. The van der Waals surface area contributed by atoms with Gasteiger partial charge in [-0.25, -0.2) is 33.1 Å². The minimum atomic E-state index is -4.65. The van der Waals surface area contributed by atoms with Crippen LogP contribution in [0.2, 0.25) is 0 Å². The number of aromatic nitrogens is 7. The fourth-order valence-electron chi connectivity index (χ4n) is 6.99. The van der Waals surface area contributed by atoms with Crippen molar-refractivity contribution in [3.8, 4) is 0 Å². The van der Waals surface area contributed by atoms with Crippen molar-refractivity contribution in [2.75, 3.05) is 23.8 Å². The molecule has 4 aromatic rings. The molecule has 0 aromatic carbocycles. The average Bonchev–Trinajstić information content (AvgIpc) is 3.76. The van der Waals surface area contributed by atoms with Gasteiger partial charge in [0.05, 0.1) is 41.1 Å². The van der Waals surface area contributed by atoms with E-state index in [0.717, 1.165) is 4.68 Å². The lowest BCUT2D eigenvalue weighted by Crippen LogP contribution is -2.37. The van der Waals surface area contributed by atoms with Gasteiger partial charge in [-0.05, 0) is 17.9 Å². The Kier molecular flexibility index (Phi) is 8.34. The van der Waals surface area contributed by atoms with Crippen LogP contribution in [0.1, 0.15) is 36.7 Å². The number of rotatable bonds is 2. The molecule has 52 heavy (non-hydrogen) atoms. The summed E-state index contributed by atoms with van der Waals surface area (Å²) in [6, 6.07) is 1.59. The molecule has 0 bridgehead atoms. The molecule has 0 aliphatic carbocycles. The standard InChI is InChI=1S/C27H26BF2N9O10P2S/c28-50(42)44-7-13-22(20(30)27(46-13)39-25-18-12(37-39)2-4-16(41)35-23(18)32-9-33-25)49-51(43,52)45-8-14-21(48-50)19(29)26(47-14)38-24-17-10(5-6-31-24)34-15(40)3-1-11(17)36-38/h5-6,9,13-14,19-22,26-27H,1-4,7-8H2,(H,34,40)(H,43,52)(H,32,33,35,41)/t13-,14-,19+,20?,21?,22+,26-,27-,50?,51?/m1/s1. The summed E-state index contributed by atoms with van der Waals surface area (Å²) in [5, 5.41) is 15.3. The predicted octanol–water partition coefficient (Wildman–Crippen LogP) is 1.82. The van der Waals surface area contributed by atoms with Crippen LogP contribution in [0.3, 0.4) is 0 Å². The molecular formula is C27H26BF2N9O10P2S. The summed E-state index contributed by atoms with van der Waals surface area (Å²) in [5.74, 6) is -0.301. The van der Waals surface area contributed by atoms with E-state index in [1.807, 2.05) is 0 Å². The van der Waals surface area contributed by atoms with E-state index in [1.54, 1.807) is 6.07 Å². The molecule has 4 aromatic heterocycles. The Labute approximate surface area is 297 Å². The zero-order valence-corrected chi connectivity index (χ0v) is 29.1. The molecule has 3 N–H and O–H groups in total. The van der Waals surface area contributed by atoms with Gasteiger partial charge in [0, 0.05) is 31.9 Å². The summed E-state index contributed by atoms with van der Waals surface area (Å²) in [5.41, 5.74) is 1.65. The highest BCUT2D eigenvalue weighted by atomic mass is 32.5. The average molecular weight is 779 g/mol. The smallest absolute Gasteiger partial charge is 0.325 e. The van der Waals surface area contributed by atoms with Gasteiger partial charge in [0.25, 0.3) is 7.47 Å². The number of pyridine rings is 1. The van der Waals surface area contributed by atoms with Crippen molar-refractivity contribution in [1.82, 2.24) is 34.5 Å². The minimum Gasteiger partial charge on any atom is -0.345 e. The predicted molar refractivity (Wildman–Crippen MR) is 176 cm³/mol. The molecule has 10 atom stereocenters. The number of nitrogens with zero attached hydrogens (tertiary/aromatic N) is 7. The number of halogens is 2. The van der Waals surface area contributed by atoms with Crippen molar-refractivity contribution in [3.05, 3.63) is 30.0 Å². The van der Waals surface area contributed by atoms with Gasteiger partial charge in [0.1, 0.15) is 36.6 Å². The van der Waals surface area contributed by atoms with E-state index in [9.17, 15) is 19.0 Å². The Morgan fingerprint density at radius 2 is 1.44 bits per heavy atom. The summed E-state index contributed by atoms with van der Waals surface area (Å²) in [6.07, 6.45) is -10.2. The van der Waals surface area contributed by atoms with E-state index >= 15 is 8.78 Å². The molecule has 4 unspecified atom stereocenters. The summed E-state index contributed by atoms with van der Waals surface area (Å²) < 4.78 is 82.7. The van der Waals surface area contributed by atoms with Gasteiger partial charge in [-0.15, -0.1) is 0 Å². The molecule has 272 valence electrons. The lowest BCUT2D eigenvalue weighted by Gasteiger charge is -2.29. The minimum absolute atomic E-state index is 0.0923. The maximum absolute atomic E-state index is 16.4. The Morgan fingerprint density at radius 1 is 0.846 bits per heavy atom. The summed E-state index contributed by atoms with van der Waals surface area (Å²) in [4.78, 5) is 48.1. The number of fused-ring (bicyclic) bond motifs is 2. The zero-order valence-electron chi connectivity index (χ0n) is 26.5. The molecule has 5 aliphatic heterocycles. The van der Waals surface area contributed by atoms with Gasteiger partial charge in [-0.2, -0.15) is 10.2 Å². The van der Waals surface area contributed by atoms with Crippen molar-refractivity contribution in [1.29, 1.82) is 0 Å². The van der Waals surface area contributed by atoms with Crippen molar-refractivity contribution in [2.45, 2.75) is 74.9 Å². The number of anilines is 2. The van der Waals surface area contributed by atoms with Crippen LogP contribution in [0.25, 0.3) is 22.1 Å². The molecule has 3 fully saturated rings. The van der Waals surface area contributed by atoms with E-state index in [1.165, 1.54) is 17.2 Å². The van der Waals surface area contributed by atoms with E-state index in [2.05, 4.69) is 35.8 Å². The van der Waals surface area contributed by atoms with E-state index < -0.39 is 76.6 Å². The Balaban J connectivity index is 1.00. The first-order valence-electron chi connectivity index (χ1n) is 16.0. The number of alkyl halides is 2. The number of carbonyl (C=O) groups excluding carboxylic acids is 2. The van der Waals surface area contributed by atoms with Gasteiger partial charge in [-0.3, -0.25) is 18.7 Å². The fraction of sp³-hybridized carbons (Fsp3) is 0.519. The number of carbonyl (C=O) groups is 2. The largest absolute Gasteiger partial charge is 0.345 e. The molecule has 19 nitrogen and oxygen atoms in total. The normalized spacial score (nSPS) is 36.6. The highest BCUT2D eigenvalue weighted by Crippen LogP contribution is 2.54. The van der Waals surface area contributed by atoms with Crippen LogP contribution in [0.4, 0.5) is 20.3 Å². The van der Waals surface area contributed by atoms with Crippen LogP contribution in [0.5, 0.6) is 0 Å². The quantitative estimate of drug-likeness (QED) is 0.195. The van der Waals surface area contributed by atoms with E-state index in [4.69, 9.17) is 46.9 Å². The van der Waals surface area contributed by atoms with Gasteiger partial charge >= 0.3 is 6.72 Å². The molecule has 2 radical (unpaired) electrons. The Hall–Kier alpha value is -3.37. The maximum atomic E-state index is 16.4. The highest BCUT2D eigenvalue weighted by molar-refractivity contribution is 8.07. The maximum Gasteiger partial charge on any atom is 0.325 e. The van der Waals surface area contributed by atoms with E-state index in [0.29, 0.717) is 27.8 Å². The molecule has 3 saturated heterocycles. The van der Waals surface area contributed by atoms with Crippen LogP contribution in [-0.2, 0) is 66.4 Å². The van der Waals surface area contributed by atoms with Gasteiger partial charge in [0.2, 0.25) is 19.4 Å². The zero-order chi connectivity index (χ0) is 36.1. The van der Waals surface area contributed by atoms with Gasteiger partial charge in [-0.1, -0.05) is 0 Å². The number of aryl methyl sites for hydroxylation is 2. The van der Waals surface area contributed by atoms with Crippen LogP contribution >= 0.6 is 14.2 Å². The highest BCUT2D eigenvalue weighted by Gasteiger charge is 2.54. The van der Waals surface area contributed by atoms with Crippen molar-refractivity contribution < 1.29 is 55.4 Å². The summed E-state index contributed by atoms with van der Waals surface area (Å²) in [7, 11) is 1.29. The van der Waals surface area contributed by atoms with Crippen molar-refractivity contribution in [2.24, 2.45) is 0 Å². The Bertz CT molecular complexity index is 2100. The molecule has 9 rings (SSSR count). The SMILES string of the molecule is [B]P1(=O)OC[C@H]2O[C@@H](n3nc4c5c(ncnc53)NC(=O)CC4)C(F)[C@H]2OP(O)(=S)OC[C@H]2O[C@@H](n3nc4c5c(ccnc53)NC(=O)CC4)[C@@H](F)C2O1. The summed E-state index contributed by atoms with van der Waals surface area (Å²) >= 11 is 5.24. The van der Waals surface area contributed by atoms with Crippen LogP contribution < -0.4 is 10.6 Å². The third kappa shape index (κ3) is 5.87. The molecule has 5 aliphatic rings. The number of hydrogen-bond acceptors (Lipinski definition) is 15. The first kappa shape index (κ1) is 34.4. The second kappa shape index (κ2) is 12.6. The van der Waals surface area contributed by atoms with Crippen LogP contribution in [0.15, 0.2) is 18.6 Å². The number of nitrogens with one attached hydrogen (secondary N) is 2. The van der Waals surface area contributed by atoms with Gasteiger partial charge < -0.3 is 38.6 Å². The molecular weight excluding hydrogens is 753 g/mol. The van der Waals surface area contributed by atoms with Crippen molar-refractivity contribution >= 4 is 79.0 Å². The Morgan fingerprint density at radius 3 is 2.13 bits per heavy atom. The topological polar surface area (TPSA) is 225 Å². The van der Waals surface area contributed by atoms with Crippen molar-refractivity contribution in [3.63, 3.8) is 0 Å². The monoisotopic (exact) mass is 779 g/mol. The lowest BCUT2D eigenvalue weighted by atomic mass is 10.1. The second-order valence-corrected chi connectivity index (χ2v) is 17.0. The number of ether oxygens (including phenoxy) is 2. The summed E-state index contributed by atoms with van der Waals surface area (Å²) in [6.45, 7) is -5.74. The van der Waals surface area contributed by atoms with Gasteiger partial charge in [0.15, 0.2) is 36.1 Å². The number of amides is 2. The third-order valence-electron chi connectivity index (χ3n) is 9.30. The molecule has 2 amide bonds. The number of hydrogen-bond donors (Lipinski definition) is 3. The first-order chi connectivity index (χ1) is 24.9. The van der Waals surface area contributed by atoms with Crippen LogP contribution in [0, 0.1) is 0 Å². The molecule has 0 spiro atoms. The fourth-order valence-corrected chi connectivity index (χ4v) is 9.43. The third-order valence-corrected chi connectivity index (χ3v) is 11.9. The van der Waals surface area contributed by atoms with Crippen LogP contribution in [-0.4, -0.2) is 109 Å². The molecule has 0 saturated carbocycles. The van der Waals surface area contributed by atoms with E-state index in [-0.39, 0.29) is 54.6 Å². The molecule has 25 heteroatoms.